The van der Waals surface area contributed by atoms with Gasteiger partial charge < -0.3 is 5.32 Å². The average Bonchev–Trinajstić information content (AvgIpc) is 2.60. The average molecular weight is 429 g/mol. The maximum absolute atomic E-state index is 12.8. The number of amides is 1. The molecule has 0 bridgehead atoms. The molecule has 0 heterocycles. The summed E-state index contributed by atoms with van der Waals surface area (Å²) < 4.78 is 26.0. The lowest BCUT2D eigenvalue weighted by Crippen LogP contribution is -2.49. The summed E-state index contributed by atoms with van der Waals surface area (Å²) in [5.74, 6) is -0.401. The Bertz CT molecular complexity index is 932. The summed E-state index contributed by atoms with van der Waals surface area (Å²) in [6.07, 6.45) is 1.32. The number of carbonyl (C=O) groups excluding carboxylic acids is 1. The monoisotopic (exact) mass is 428 g/mol. The second-order valence-corrected chi connectivity index (χ2v) is 8.93. The van der Waals surface area contributed by atoms with Crippen molar-refractivity contribution in [1.82, 2.24) is 5.32 Å². The van der Waals surface area contributed by atoms with E-state index in [2.05, 4.69) is 5.32 Å². The van der Waals surface area contributed by atoms with Crippen LogP contribution in [0.5, 0.6) is 0 Å². The molecule has 2 rings (SSSR count). The standard InChI is InChI=1S/C19H22Cl2N2O3S/c1-4-17(19(24)22-12-14-8-6-5-7-13(14)2)23(27(3,25)26)18-11-15(20)9-10-16(18)21/h5-11,17H,4,12H2,1-3H3,(H,22,24)/t17-/m1/s1. The van der Waals surface area contributed by atoms with Crippen molar-refractivity contribution in [3.63, 3.8) is 0 Å². The Balaban J connectivity index is 2.33. The van der Waals surface area contributed by atoms with Gasteiger partial charge in [0.25, 0.3) is 0 Å². The normalized spacial score (nSPS) is 12.5. The lowest BCUT2D eigenvalue weighted by atomic mass is 10.1. The van der Waals surface area contributed by atoms with E-state index in [1.165, 1.54) is 12.1 Å². The van der Waals surface area contributed by atoms with E-state index in [1.54, 1.807) is 13.0 Å². The van der Waals surface area contributed by atoms with Gasteiger partial charge in [0.05, 0.1) is 17.0 Å². The number of sulfonamides is 1. The first-order valence-corrected chi connectivity index (χ1v) is 11.0. The summed E-state index contributed by atoms with van der Waals surface area (Å²) in [4.78, 5) is 12.8. The molecule has 2 aromatic rings. The molecule has 0 saturated heterocycles. The summed E-state index contributed by atoms with van der Waals surface area (Å²) >= 11 is 12.2. The van der Waals surface area contributed by atoms with Crippen LogP contribution in [0.2, 0.25) is 10.0 Å². The van der Waals surface area contributed by atoms with Crippen LogP contribution in [0, 0.1) is 6.92 Å². The molecule has 0 fully saturated rings. The van der Waals surface area contributed by atoms with Crippen LogP contribution < -0.4 is 9.62 Å². The second-order valence-electron chi connectivity index (χ2n) is 6.22. The number of aryl methyl sites for hydroxylation is 1. The SMILES string of the molecule is CC[C@H](C(=O)NCc1ccccc1C)N(c1cc(Cl)ccc1Cl)S(C)(=O)=O. The second kappa shape index (κ2) is 8.95. The Morgan fingerprint density at radius 3 is 2.44 bits per heavy atom. The summed E-state index contributed by atoms with van der Waals surface area (Å²) in [5, 5.41) is 3.36. The maximum Gasteiger partial charge on any atom is 0.244 e. The van der Waals surface area contributed by atoms with Crippen LogP contribution in [-0.4, -0.2) is 26.6 Å². The van der Waals surface area contributed by atoms with Crippen molar-refractivity contribution in [2.45, 2.75) is 32.9 Å². The largest absolute Gasteiger partial charge is 0.350 e. The Morgan fingerprint density at radius 1 is 1.19 bits per heavy atom. The lowest BCUT2D eigenvalue weighted by molar-refractivity contribution is -0.122. The van der Waals surface area contributed by atoms with Gasteiger partial charge in [-0.05, 0) is 42.7 Å². The summed E-state index contributed by atoms with van der Waals surface area (Å²) in [7, 11) is -3.78. The molecule has 0 aromatic heterocycles. The maximum atomic E-state index is 12.8. The van der Waals surface area contributed by atoms with Gasteiger partial charge in [-0.2, -0.15) is 0 Å². The van der Waals surface area contributed by atoms with Gasteiger partial charge in [-0.1, -0.05) is 54.4 Å². The molecule has 8 heteroatoms. The molecule has 1 N–H and O–H groups in total. The van der Waals surface area contributed by atoms with E-state index in [0.717, 1.165) is 21.7 Å². The van der Waals surface area contributed by atoms with E-state index in [9.17, 15) is 13.2 Å². The van der Waals surface area contributed by atoms with Crippen molar-refractivity contribution >= 4 is 44.8 Å². The molecule has 0 radical (unpaired) electrons. The molecule has 0 unspecified atom stereocenters. The van der Waals surface area contributed by atoms with Crippen molar-refractivity contribution in [3.8, 4) is 0 Å². The zero-order valence-electron chi connectivity index (χ0n) is 15.4. The highest BCUT2D eigenvalue weighted by molar-refractivity contribution is 7.92. The molecule has 1 atom stereocenters. The highest BCUT2D eigenvalue weighted by Crippen LogP contribution is 2.32. The van der Waals surface area contributed by atoms with E-state index in [0.29, 0.717) is 11.6 Å². The third kappa shape index (κ3) is 5.37. The van der Waals surface area contributed by atoms with Crippen molar-refractivity contribution in [2.24, 2.45) is 0 Å². The number of nitrogens with one attached hydrogen (secondary N) is 1. The van der Waals surface area contributed by atoms with Gasteiger partial charge in [0.2, 0.25) is 15.9 Å². The Morgan fingerprint density at radius 2 is 1.85 bits per heavy atom. The van der Waals surface area contributed by atoms with E-state index in [-0.39, 0.29) is 17.1 Å². The van der Waals surface area contributed by atoms with Crippen LogP contribution in [0.4, 0.5) is 5.69 Å². The quantitative estimate of drug-likeness (QED) is 0.719. The fourth-order valence-corrected chi connectivity index (χ4v) is 4.44. The first kappa shape index (κ1) is 21.5. The predicted molar refractivity (Wildman–Crippen MR) is 111 cm³/mol. The first-order chi connectivity index (χ1) is 12.6. The van der Waals surface area contributed by atoms with Crippen LogP contribution in [-0.2, 0) is 21.4 Å². The van der Waals surface area contributed by atoms with Gasteiger partial charge in [0, 0.05) is 11.6 Å². The fourth-order valence-electron chi connectivity index (χ4n) is 2.80. The molecule has 0 saturated carbocycles. The lowest BCUT2D eigenvalue weighted by Gasteiger charge is -2.31. The number of carbonyl (C=O) groups is 1. The smallest absolute Gasteiger partial charge is 0.244 e. The highest BCUT2D eigenvalue weighted by Gasteiger charge is 2.32. The van der Waals surface area contributed by atoms with E-state index < -0.39 is 22.0 Å². The van der Waals surface area contributed by atoms with Crippen LogP contribution in [0.3, 0.4) is 0 Å². The van der Waals surface area contributed by atoms with Crippen LogP contribution in [0.25, 0.3) is 0 Å². The van der Waals surface area contributed by atoms with E-state index in [4.69, 9.17) is 23.2 Å². The zero-order valence-corrected chi connectivity index (χ0v) is 17.7. The molecular weight excluding hydrogens is 407 g/mol. The molecule has 1 amide bonds. The minimum Gasteiger partial charge on any atom is -0.350 e. The molecule has 0 spiro atoms. The molecule has 27 heavy (non-hydrogen) atoms. The molecule has 146 valence electrons. The Hall–Kier alpha value is -1.76. The van der Waals surface area contributed by atoms with Gasteiger partial charge in [0.15, 0.2) is 0 Å². The van der Waals surface area contributed by atoms with Gasteiger partial charge in [-0.3, -0.25) is 9.10 Å². The molecule has 2 aromatic carbocycles. The number of rotatable bonds is 7. The van der Waals surface area contributed by atoms with Gasteiger partial charge in [-0.15, -0.1) is 0 Å². The molecular formula is C19H22Cl2N2O3S. The topological polar surface area (TPSA) is 66.5 Å². The minimum absolute atomic E-state index is 0.185. The third-order valence-electron chi connectivity index (χ3n) is 4.19. The van der Waals surface area contributed by atoms with Gasteiger partial charge in [0.1, 0.15) is 6.04 Å². The third-order valence-corrected chi connectivity index (χ3v) is 5.91. The number of anilines is 1. The van der Waals surface area contributed by atoms with Gasteiger partial charge >= 0.3 is 0 Å². The van der Waals surface area contributed by atoms with E-state index in [1.807, 2.05) is 31.2 Å². The number of hydrogen-bond donors (Lipinski definition) is 1. The molecule has 0 aliphatic rings. The van der Waals surface area contributed by atoms with E-state index >= 15 is 0 Å². The predicted octanol–water partition coefficient (Wildman–Crippen LogP) is 4.16. The zero-order chi connectivity index (χ0) is 20.2. The summed E-state index contributed by atoms with van der Waals surface area (Å²) in [5.41, 5.74) is 2.20. The Kier molecular flexibility index (Phi) is 7.14. The van der Waals surface area contributed by atoms with Crippen molar-refractivity contribution in [1.29, 1.82) is 0 Å². The summed E-state index contributed by atoms with van der Waals surface area (Å²) in [6.45, 7) is 4.00. The van der Waals surface area contributed by atoms with Gasteiger partial charge in [-0.25, -0.2) is 8.42 Å². The molecule has 5 nitrogen and oxygen atoms in total. The highest BCUT2D eigenvalue weighted by atomic mass is 35.5. The minimum atomic E-state index is -3.78. The number of halogens is 2. The van der Waals surface area contributed by atoms with Crippen LogP contribution in [0.1, 0.15) is 24.5 Å². The molecule has 0 aliphatic carbocycles. The fraction of sp³-hybridized carbons (Fsp3) is 0.316. The van der Waals surface area contributed by atoms with Crippen molar-refractivity contribution < 1.29 is 13.2 Å². The summed E-state index contributed by atoms with van der Waals surface area (Å²) in [6, 6.07) is 11.2. The first-order valence-electron chi connectivity index (χ1n) is 8.41. The number of benzene rings is 2. The Labute approximate surface area is 170 Å². The number of nitrogens with zero attached hydrogens (tertiary/aromatic N) is 1. The van der Waals surface area contributed by atoms with Crippen LogP contribution >= 0.6 is 23.2 Å². The number of hydrogen-bond acceptors (Lipinski definition) is 3. The van der Waals surface area contributed by atoms with Crippen LogP contribution in [0.15, 0.2) is 42.5 Å². The molecule has 0 aliphatic heterocycles. The van der Waals surface area contributed by atoms with Crippen molar-refractivity contribution in [2.75, 3.05) is 10.6 Å². The van der Waals surface area contributed by atoms with Crippen molar-refractivity contribution in [3.05, 3.63) is 63.6 Å².